The van der Waals surface area contributed by atoms with Crippen LogP contribution in [0.5, 0.6) is 0 Å². The van der Waals surface area contributed by atoms with Crippen LogP contribution < -0.4 is 0 Å². The van der Waals surface area contributed by atoms with Crippen LogP contribution in [-0.2, 0) is 14.8 Å². The van der Waals surface area contributed by atoms with E-state index in [-0.39, 0.29) is 12.1 Å². The van der Waals surface area contributed by atoms with Gasteiger partial charge in [0.1, 0.15) is 5.60 Å². The number of likely N-dealkylation sites (tertiary alicyclic amines) is 1. The zero-order chi connectivity index (χ0) is 20.2. The van der Waals surface area contributed by atoms with Crippen LogP contribution in [-0.4, -0.2) is 55.0 Å². The number of nitrogens with zero attached hydrogens (tertiary/aromatic N) is 2. The molecule has 0 bridgehead atoms. The molecule has 1 saturated heterocycles. The van der Waals surface area contributed by atoms with E-state index in [9.17, 15) is 13.2 Å². The molecule has 0 unspecified atom stereocenters. The van der Waals surface area contributed by atoms with Crippen molar-refractivity contribution < 1.29 is 17.9 Å². The highest BCUT2D eigenvalue weighted by Gasteiger charge is 2.35. The fraction of sp³-hybridized carbons (Fsp3) is 0.632. The molecule has 1 aromatic carbocycles. The van der Waals surface area contributed by atoms with Gasteiger partial charge in [-0.2, -0.15) is 4.31 Å². The van der Waals surface area contributed by atoms with Gasteiger partial charge in [-0.1, -0.05) is 22.9 Å². The zero-order valence-corrected chi connectivity index (χ0v) is 18.8. The zero-order valence-electron chi connectivity index (χ0n) is 16.4. The molecule has 0 atom stereocenters. The van der Waals surface area contributed by atoms with Crippen LogP contribution in [0.1, 0.15) is 47.0 Å². The standard InChI is InChI=1S/C19H29BrN2O4S/c1-5-12-22(27(24,25)17-8-6-15(20)7-9-17)16-10-13-21(14-11-16)18(23)26-19(2,3)4/h6-9,16H,5,10-14H2,1-4H3. The Morgan fingerprint density at radius 3 is 2.26 bits per heavy atom. The Bertz CT molecular complexity index is 736. The van der Waals surface area contributed by atoms with E-state index in [1.54, 1.807) is 33.5 Å². The van der Waals surface area contributed by atoms with Gasteiger partial charge in [-0.05, 0) is 64.3 Å². The topological polar surface area (TPSA) is 66.9 Å². The van der Waals surface area contributed by atoms with Gasteiger partial charge in [-0.15, -0.1) is 0 Å². The van der Waals surface area contributed by atoms with Gasteiger partial charge >= 0.3 is 6.09 Å². The Kier molecular flexibility index (Phi) is 7.33. The average Bonchev–Trinajstić information content (AvgIpc) is 2.58. The lowest BCUT2D eigenvalue weighted by molar-refractivity contribution is 0.0178. The fourth-order valence-corrected chi connectivity index (χ4v) is 5.17. The Labute approximate surface area is 171 Å². The van der Waals surface area contributed by atoms with Gasteiger partial charge in [0, 0.05) is 30.1 Å². The monoisotopic (exact) mass is 460 g/mol. The van der Waals surface area contributed by atoms with Gasteiger partial charge in [0.2, 0.25) is 10.0 Å². The van der Waals surface area contributed by atoms with Gasteiger partial charge in [0.05, 0.1) is 4.90 Å². The molecule has 1 fully saturated rings. The van der Waals surface area contributed by atoms with Crippen LogP contribution in [0.15, 0.2) is 33.6 Å². The van der Waals surface area contributed by atoms with Crippen LogP contribution in [0.25, 0.3) is 0 Å². The van der Waals surface area contributed by atoms with Crippen LogP contribution in [0.4, 0.5) is 4.79 Å². The van der Waals surface area contributed by atoms with Crippen molar-refractivity contribution in [2.24, 2.45) is 0 Å². The molecule has 1 amide bonds. The summed E-state index contributed by atoms with van der Waals surface area (Å²) in [7, 11) is -3.57. The van der Waals surface area contributed by atoms with Gasteiger partial charge in [-0.3, -0.25) is 0 Å². The summed E-state index contributed by atoms with van der Waals surface area (Å²) < 4.78 is 34.1. The number of halogens is 1. The summed E-state index contributed by atoms with van der Waals surface area (Å²) in [6, 6.07) is 6.61. The van der Waals surface area contributed by atoms with Crippen molar-refractivity contribution in [2.75, 3.05) is 19.6 Å². The first-order chi connectivity index (χ1) is 12.5. The second-order valence-corrected chi connectivity index (χ2v) is 10.6. The minimum absolute atomic E-state index is 0.114. The van der Waals surface area contributed by atoms with Crippen molar-refractivity contribution in [3.05, 3.63) is 28.7 Å². The molecule has 152 valence electrons. The maximum Gasteiger partial charge on any atom is 0.410 e. The van der Waals surface area contributed by atoms with E-state index in [2.05, 4.69) is 15.9 Å². The van der Waals surface area contributed by atoms with E-state index < -0.39 is 15.6 Å². The predicted molar refractivity (Wildman–Crippen MR) is 109 cm³/mol. The van der Waals surface area contributed by atoms with Crippen molar-refractivity contribution in [3.63, 3.8) is 0 Å². The molecule has 1 aliphatic rings. The third-order valence-electron chi connectivity index (χ3n) is 4.39. The number of hydrogen-bond donors (Lipinski definition) is 0. The molecule has 1 aliphatic heterocycles. The molecular formula is C19H29BrN2O4S. The Morgan fingerprint density at radius 1 is 1.22 bits per heavy atom. The summed E-state index contributed by atoms with van der Waals surface area (Å²) in [6.45, 7) is 8.95. The smallest absolute Gasteiger partial charge is 0.410 e. The molecule has 0 saturated carbocycles. The highest BCUT2D eigenvalue weighted by molar-refractivity contribution is 9.10. The molecule has 0 N–H and O–H groups in total. The number of carbonyl (C=O) groups is 1. The van der Waals surface area contributed by atoms with E-state index in [0.717, 1.165) is 10.9 Å². The van der Waals surface area contributed by atoms with Gasteiger partial charge in [0.25, 0.3) is 0 Å². The highest BCUT2D eigenvalue weighted by atomic mass is 79.9. The van der Waals surface area contributed by atoms with Crippen molar-refractivity contribution in [1.82, 2.24) is 9.21 Å². The Hall–Kier alpha value is -1.12. The number of hydrogen-bond acceptors (Lipinski definition) is 4. The molecule has 8 heteroatoms. The molecule has 0 aromatic heterocycles. The minimum atomic E-state index is -3.57. The van der Waals surface area contributed by atoms with Gasteiger partial charge in [0.15, 0.2) is 0 Å². The average molecular weight is 461 g/mol. The second kappa shape index (κ2) is 8.92. The highest BCUT2D eigenvalue weighted by Crippen LogP contribution is 2.26. The maximum absolute atomic E-state index is 13.1. The molecule has 0 radical (unpaired) electrons. The lowest BCUT2D eigenvalue weighted by Crippen LogP contribution is -2.49. The number of sulfonamides is 1. The Morgan fingerprint density at radius 2 is 1.78 bits per heavy atom. The van der Waals surface area contributed by atoms with E-state index in [1.807, 2.05) is 27.7 Å². The second-order valence-electron chi connectivity index (χ2n) is 7.77. The van der Waals surface area contributed by atoms with E-state index in [0.29, 0.717) is 37.4 Å². The third-order valence-corrected chi connectivity index (χ3v) is 6.88. The molecule has 1 aromatic rings. The predicted octanol–water partition coefficient (Wildman–Crippen LogP) is 4.25. The first-order valence-corrected chi connectivity index (χ1v) is 11.5. The van der Waals surface area contributed by atoms with Gasteiger partial charge < -0.3 is 9.64 Å². The molecule has 27 heavy (non-hydrogen) atoms. The number of benzene rings is 1. The number of ether oxygens (including phenoxy) is 1. The molecule has 0 aliphatic carbocycles. The lowest BCUT2D eigenvalue weighted by Gasteiger charge is -2.38. The molecule has 1 heterocycles. The molecule has 2 rings (SSSR count). The van der Waals surface area contributed by atoms with E-state index in [4.69, 9.17) is 4.74 Å². The van der Waals surface area contributed by atoms with E-state index in [1.165, 1.54) is 0 Å². The minimum Gasteiger partial charge on any atom is -0.444 e. The Balaban J connectivity index is 2.10. The quantitative estimate of drug-likeness (QED) is 0.658. The summed E-state index contributed by atoms with van der Waals surface area (Å²) in [4.78, 5) is 14.2. The number of piperidine rings is 1. The first-order valence-electron chi connectivity index (χ1n) is 9.30. The maximum atomic E-state index is 13.1. The van der Waals surface area contributed by atoms with Crippen LogP contribution in [0.2, 0.25) is 0 Å². The third kappa shape index (κ3) is 5.93. The first kappa shape index (κ1) is 22.2. The molecular weight excluding hydrogens is 432 g/mol. The van der Waals surface area contributed by atoms with Crippen molar-refractivity contribution in [1.29, 1.82) is 0 Å². The van der Waals surface area contributed by atoms with E-state index >= 15 is 0 Å². The molecule has 0 spiro atoms. The summed E-state index contributed by atoms with van der Waals surface area (Å²) >= 11 is 3.34. The van der Waals surface area contributed by atoms with Crippen LogP contribution in [0.3, 0.4) is 0 Å². The van der Waals surface area contributed by atoms with Gasteiger partial charge in [-0.25, -0.2) is 13.2 Å². The summed E-state index contributed by atoms with van der Waals surface area (Å²) in [5.41, 5.74) is -0.535. The largest absolute Gasteiger partial charge is 0.444 e. The number of amides is 1. The van der Waals surface area contributed by atoms with Crippen molar-refractivity contribution >= 4 is 32.0 Å². The molecule has 6 nitrogen and oxygen atoms in total. The normalized spacial score (nSPS) is 16.6. The van der Waals surface area contributed by atoms with Crippen molar-refractivity contribution in [2.45, 2.75) is 63.5 Å². The van der Waals surface area contributed by atoms with Crippen molar-refractivity contribution in [3.8, 4) is 0 Å². The SMILES string of the molecule is CCCN(C1CCN(C(=O)OC(C)(C)C)CC1)S(=O)(=O)c1ccc(Br)cc1. The van der Waals surface area contributed by atoms with Crippen LogP contribution in [0, 0.1) is 0 Å². The number of rotatable bonds is 5. The number of carbonyl (C=O) groups excluding carboxylic acids is 1. The summed E-state index contributed by atoms with van der Waals surface area (Å²) in [5.74, 6) is 0. The lowest BCUT2D eigenvalue weighted by atomic mass is 10.1. The summed E-state index contributed by atoms with van der Waals surface area (Å²) in [6.07, 6.45) is 1.62. The fourth-order valence-electron chi connectivity index (χ4n) is 3.12. The van der Waals surface area contributed by atoms with Crippen LogP contribution >= 0.6 is 15.9 Å². The summed E-state index contributed by atoms with van der Waals surface area (Å²) in [5, 5.41) is 0.